The molecule has 5 nitrogen and oxygen atoms in total. The second-order valence-corrected chi connectivity index (χ2v) is 5.95. The summed E-state index contributed by atoms with van der Waals surface area (Å²) >= 11 is 0. The van der Waals surface area contributed by atoms with Gasteiger partial charge in [-0.2, -0.15) is 0 Å². The highest BCUT2D eigenvalue weighted by molar-refractivity contribution is 14.0. The molecule has 2 N–H and O–H groups in total. The lowest BCUT2D eigenvalue weighted by atomic mass is 9.64. The number of esters is 1. The van der Waals surface area contributed by atoms with Gasteiger partial charge >= 0.3 is 5.97 Å². The van der Waals surface area contributed by atoms with Crippen LogP contribution in [-0.2, 0) is 14.9 Å². The molecule has 134 valence electrons. The summed E-state index contributed by atoms with van der Waals surface area (Å²) in [4.78, 5) is 15.9. The topological polar surface area (TPSA) is 62.7 Å². The first-order valence-electron chi connectivity index (χ1n) is 8.35. The first-order valence-corrected chi connectivity index (χ1v) is 8.35. The van der Waals surface area contributed by atoms with Gasteiger partial charge in [0.15, 0.2) is 5.96 Å². The lowest BCUT2D eigenvalue weighted by molar-refractivity contribution is -0.140. The number of rotatable bonds is 7. The number of nitrogens with one attached hydrogen (secondary N) is 2. The van der Waals surface area contributed by atoms with Crippen molar-refractivity contribution < 1.29 is 9.53 Å². The fourth-order valence-electron chi connectivity index (χ4n) is 2.89. The third kappa shape index (κ3) is 5.65. The molecule has 1 aromatic rings. The van der Waals surface area contributed by atoms with E-state index in [0.717, 1.165) is 19.0 Å². The normalized spacial score (nSPS) is 15.7. The van der Waals surface area contributed by atoms with Crippen molar-refractivity contribution in [3.63, 3.8) is 0 Å². The zero-order valence-corrected chi connectivity index (χ0v) is 16.8. The zero-order chi connectivity index (χ0) is 16.5. The van der Waals surface area contributed by atoms with Gasteiger partial charge < -0.3 is 15.4 Å². The number of methoxy groups -OCH3 is 1. The van der Waals surface area contributed by atoms with Crippen molar-refractivity contribution in [3.05, 3.63) is 35.9 Å². The summed E-state index contributed by atoms with van der Waals surface area (Å²) in [6.45, 7) is 4.12. The molecule has 2 rings (SSSR count). The highest BCUT2D eigenvalue weighted by Crippen LogP contribution is 2.43. The molecule has 0 amide bonds. The third-order valence-corrected chi connectivity index (χ3v) is 4.43. The number of carbonyl (C=O) groups is 1. The molecule has 0 unspecified atom stereocenters. The molecule has 0 bridgehead atoms. The number of carbonyl (C=O) groups excluding carboxylic acids is 1. The van der Waals surface area contributed by atoms with Crippen molar-refractivity contribution in [2.75, 3.05) is 26.7 Å². The van der Waals surface area contributed by atoms with Crippen LogP contribution in [0.4, 0.5) is 0 Å². The van der Waals surface area contributed by atoms with Crippen molar-refractivity contribution in [2.45, 2.75) is 38.0 Å². The van der Waals surface area contributed by atoms with Gasteiger partial charge in [-0.15, -0.1) is 24.0 Å². The zero-order valence-electron chi connectivity index (χ0n) is 14.5. The molecule has 1 aromatic carbocycles. The molecule has 0 aromatic heterocycles. The number of hydrogen-bond acceptors (Lipinski definition) is 3. The largest absolute Gasteiger partial charge is 0.469 e. The van der Waals surface area contributed by atoms with Gasteiger partial charge in [0.25, 0.3) is 0 Å². The number of nitrogens with zero attached hydrogens (tertiary/aromatic N) is 1. The van der Waals surface area contributed by atoms with Gasteiger partial charge in [-0.25, -0.2) is 0 Å². The number of aliphatic imine (C=N–C) groups is 1. The van der Waals surface area contributed by atoms with E-state index in [4.69, 9.17) is 4.99 Å². The number of halogens is 1. The standard InChI is InChI=1S/C18H27N3O2.HI/c1-3-19-17(20-13-10-16(22)23-2)21-14-18(11-7-12-18)15-8-5-4-6-9-15;/h4-6,8-9H,3,7,10-14H2,1-2H3,(H2,19,20,21);1H. The molecule has 1 aliphatic carbocycles. The molecule has 0 heterocycles. The Bertz CT molecular complexity index is 530. The van der Waals surface area contributed by atoms with Crippen LogP contribution in [0.5, 0.6) is 0 Å². The summed E-state index contributed by atoms with van der Waals surface area (Å²) in [6, 6.07) is 10.6. The van der Waals surface area contributed by atoms with Crippen LogP contribution < -0.4 is 10.6 Å². The average Bonchev–Trinajstić information content (AvgIpc) is 2.54. The number of benzene rings is 1. The summed E-state index contributed by atoms with van der Waals surface area (Å²) in [7, 11) is 1.40. The van der Waals surface area contributed by atoms with Crippen LogP contribution in [0, 0.1) is 0 Å². The van der Waals surface area contributed by atoms with Gasteiger partial charge in [-0.1, -0.05) is 36.8 Å². The molecular weight excluding hydrogens is 417 g/mol. The molecule has 6 heteroatoms. The lowest BCUT2D eigenvalue weighted by Gasteiger charge is -2.41. The Labute approximate surface area is 161 Å². The monoisotopic (exact) mass is 445 g/mol. The van der Waals surface area contributed by atoms with Crippen molar-refractivity contribution in [1.82, 2.24) is 10.6 Å². The lowest BCUT2D eigenvalue weighted by Crippen LogP contribution is -2.42. The van der Waals surface area contributed by atoms with Gasteiger partial charge in [0.2, 0.25) is 0 Å². The van der Waals surface area contributed by atoms with Gasteiger partial charge in [0, 0.05) is 18.5 Å². The fraction of sp³-hybridized carbons (Fsp3) is 0.556. The quantitative estimate of drug-likeness (QED) is 0.293. The molecule has 0 aliphatic heterocycles. The molecule has 0 spiro atoms. The van der Waals surface area contributed by atoms with E-state index in [9.17, 15) is 4.79 Å². The molecular formula is C18H28IN3O2. The summed E-state index contributed by atoms with van der Waals surface area (Å²) in [6.07, 6.45) is 3.96. The van der Waals surface area contributed by atoms with Crippen LogP contribution >= 0.6 is 24.0 Å². The summed E-state index contributed by atoms with van der Waals surface area (Å²) in [5.41, 5.74) is 1.55. The van der Waals surface area contributed by atoms with Crippen LogP contribution in [0.2, 0.25) is 0 Å². The minimum Gasteiger partial charge on any atom is -0.469 e. The van der Waals surface area contributed by atoms with E-state index in [-0.39, 0.29) is 35.4 Å². The van der Waals surface area contributed by atoms with Crippen molar-refractivity contribution in [1.29, 1.82) is 0 Å². The first kappa shape index (κ1) is 20.7. The maximum Gasteiger partial charge on any atom is 0.307 e. The van der Waals surface area contributed by atoms with E-state index in [1.54, 1.807) is 0 Å². The van der Waals surface area contributed by atoms with Gasteiger partial charge in [0.05, 0.1) is 20.1 Å². The molecule has 0 atom stereocenters. The fourth-order valence-corrected chi connectivity index (χ4v) is 2.89. The van der Waals surface area contributed by atoms with E-state index < -0.39 is 0 Å². The molecule has 0 radical (unpaired) electrons. The van der Waals surface area contributed by atoms with E-state index in [2.05, 4.69) is 45.7 Å². The SMILES string of the molecule is CCNC(=NCC1(c2ccccc2)CCC1)NCCC(=O)OC.I. The van der Waals surface area contributed by atoms with Gasteiger partial charge in [0.1, 0.15) is 0 Å². The Morgan fingerprint density at radius 3 is 2.50 bits per heavy atom. The maximum absolute atomic E-state index is 11.2. The van der Waals surface area contributed by atoms with Crippen LogP contribution in [0.1, 0.15) is 38.2 Å². The first-order chi connectivity index (χ1) is 11.2. The van der Waals surface area contributed by atoms with Crippen LogP contribution in [-0.4, -0.2) is 38.7 Å². The minimum absolute atomic E-state index is 0. The molecule has 1 fully saturated rings. The second kappa shape index (κ2) is 10.5. The number of hydrogen-bond donors (Lipinski definition) is 2. The molecule has 24 heavy (non-hydrogen) atoms. The van der Waals surface area contributed by atoms with Crippen molar-refractivity contribution in [2.24, 2.45) is 4.99 Å². The highest BCUT2D eigenvalue weighted by atomic mass is 127. The Kier molecular flexibility index (Phi) is 9.10. The highest BCUT2D eigenvalue weighted by Gasteiger charge is 2.38. The predicted molar refractivity (Wildman–Crippen MR) is 108 cm³/mol. The van der Waals surface area contributed by atoms with Crippen LogP contribution in [0.3, 0.4) is 0 Å². The summed E-state index contributed by atoms with van der Waals surface area (Å²) in [5.74, 6) is 0.548. The van der Waals surface area contributed by atoms with Gasteiger partial charge in [-0.3, -0.25) is 9.79 Å². The second-order valence-electron chi connectivity index (χ2n) is 5.95. The summed E-state index contributed by atoms with van der Waals surface area (Å²) in [5, 5.41) is 6.43. The van der Waals surface area contributed by atoms with E-state index in [1.165, 1.54) is 31.9 Å². The predicted octanol–water partition coefficient (Wildman–Crippen LogP) is 2.84. The van der Waals surface area contributed by atoms with Crippen molar-refractivity contribution in [3.8, 4) is 0 Å². The van der Waals surface area contributed by atoms with E-state index in [1.807, 2.05) is 6.92 Å². The smallest absolute Gasteiger partial charge is 0.307 e. The molecule has 0 saturated heterocycles. The Hall–Kier alpha value is -1.31. The third-order valence-electron chi connectivity index (χ3n) is 4.43. The number of guanidine groups is 1. The maximum atomic E-state index is 11.2. The van der Waals surface area contributed by atoms with E-state index >= 15 is 0 Å². The summed E-state index contributed by atoms with van der Waals surface area (Å²) < 4.78 is 4.65. The van der Waals surface area contributed by atoms with Gasteiger partial charge in [-0.05, 0) is 25.3 Å². The average molecular weight is 445 g/mol. The minimum atomic E-state index is -0.215. The number of ether oxygens (including phenoxy) is 1. The van der Waals surface area contributed by atoms with Crippen molar-refractivity contribution >= 4 is 35.9 Å². The van der Waals surface area contributed by atoms with E-state index in [0.29, 0.717) is 13.0 Å². The molecule has 1 aliphatic rings. The molecule has 1 saturated carbocycles. The Balaban J connectivity index is 0.00000288. The Morgan fingerprint density at radius 1 is 1.25 bits per heavy atom. The Morgan fingerprint density at radius 2 is 1.96 bits per heavy atom. The van der Waals surface area contributed by atoms with Crippen LogP contribution in [0.15, 0.2) is 35.3 Å². The van der Waals surface area contributed by atoms with Crippen LogP contribution in [0.25, 0.3) is 0 Å².